The number of nitrogens with one attached hydrogen (secondary N) is 1. The fourth-order valence-corrected chi connectivity index (χ4v) is 2.40. The molecule has 0 unspecified atom stereocenters. The summed E-state index contributed by atoms with van der Waals surface area (Å²) in [6, 6.07) is 14.6. The van der Waals surface area contributed by atoms with Gasteiger partial charge in [-0.05, 0) is 24.3 Å². The molecule has 3 rings (SSSR count). The maximum Gasteiger partial charge on any atom is 0.257 e. The number of nitriles is 1. The molecule has 2 aromatic carbocycles. The van der Waals surface area contributed by atoms with Gasteiger partial charge in [0.05, 0.1) is 16.8 Å². The Morgan fingerprint density at radius 3 is 2.77 bits per heavy atom. The van der Waals surface area contributed by atoms with Crippen molar-refractivity contribution < 1.29 is 9.53 Å². The summed E-state index contributed by atoms with van der Waals surface area (Å²) in [7, 11) is 1.75. The fourth-order valence-electron chi connectivity index (χ4n) is 2.40. The number of hydrogen-bond donors (Lipinski definition) is 1. The Labute approximate surface area is 128 Å². The molecule has 0 bridgehead atoms. The Kier molecular flexibility index (Phi) is 3.67. The molecule has 0 fully saturated rings. The van der Waals surface area contributed by atoms with Crippen LogP contribution in [-0.4, -0.2) is 30.9 Å². The largest absolute Gasteiger partial charge is 0.454 e. The van der Waals surface area contributed by atoms with Crippen LogP contribution in [0.25, 0.3) is 0 Å². The van der Waals surface area contributed by atoms with Gasteiger partial charge in [0, 0.05) is 20.1 Å². The number of ether oxygens (including phenoxy) is 1. The van der Waals surface area contributed by atoms with E-state index in [0.29, 0.717) is 41.4 Å². The second-order valence-electron chi connectivity index (χ2n) is 5.04. The molecule has 1 aliphatic rings. The fraction of sp³-hybridized carbons (Fsp3) is 0.176. The molecule has 2 aromatic rings. The Bertz CT molecular complexity index is 765. The van der Waals surface area contributed by atoms with Crippen LogP contribution in [0.1, 0.15) is 15.9 Å². The van der Waals surface area contributed by atoms with Gasteiger partial charge in [-0.15, -0.1) is 0 Å². The number of amides is 1. The van der Waals surface area contributed by atoms with E-state index in [2.05, 4.69) is 11.4 Å². The van der Waals surface area contributed by atoms with Crippen LogP contribution in [0.15, 0.2) is 42.5 Å². The molecule has 110 valence electrons. The molecule has 0 aromatic heterocycles. The van der Waals surface area contributed by atoms with Gasteiger partial charge in [-0.2, -0.15) is 5.26 Å². The minimum atomic E-state index is -0.0858. The van der Waals surface area contributed by atoms with Crippen LogP contribution >= 0.6 is 0 Å². The van der Waals surface area contributed by atoms with Gasteiger partial charge in [0.1, 0.15) is 11.8 Å². The van der Waals surface area contributed by atoms with Crippen molar-refractivity contribution in [3.63, 3.8) is 0 Å². The third-order valence-corrected chi connectivity index (χ3v) is 3.58. The van der Waals surface area contributed by atoms with Gasteiger partial charge in [0.2, 0.25) is 0 Å². The van der Waals surface area contributed by atoms with Crippen molar-refractivity contribution in [3.8, 4) is 17.6 Å². The lowest BCUT2D eigenvalue weighted by Crippen LogP contribution is -2.32. The van der Waals surface area contributed by atoms with E-state index >= 15 is 0 Å². The smallest absolute Gasteiger partial charge is 0.257 e. The lowest BCUT2D eigenvalue weighted by molar-refractivity contribution is 0.0797. The number of benzene rings is 2. The maximum absolute atomic E-state index is 12.5. The molecular formula is C17H15N3O2. The number of likely N-dealkylation sites (N-methyl/N-ethyl adjacent to an activating group) is 1. The van der Waals surface area contributed by atoms with Gasteiger partial charge >= 0.3 is 0 Å². The molecule has 1 aliphatic heterocycles. The highest BCUT2D eigenvalue weighted by Gasteiger charge is 2.20. The molecule has 22 heavy (non-hydrogen) atoms. The van der Waals surface area contributed by atoms with Crippen molar-refractivity contribution >= 4 is 11.6 Å². The molecule has 5 heteroatoms. The summed E-state index contributed by atoms with van der Waals surface area (Å²) in [6.45, 7) is 1.08. The first kappa shape index (κ1) is 14.0. The Balaban J connectivity index is 2.13. The van der Waals surface area contributed by atoms with Gasteiger partial charge in [0.25, 0.3) is 5.91 Å². The number of fused-ring (bicyclic) bond motifs is 2. The predicted molar refractivity (Wildman–Crippen MR) is 83.1 cm³/mol. The number of carbonyl (C=O) groups is 1. The minimum Gasteiger partial charge on any atom is -0.454 e. The van der Waals surface area contributed by atoms with Gasteiger partial charge in [-0.25, -0.2) is 0 Å². The summed E-state index contributed by atoms with van der Waals surface area (Å²) in [5.41, 5.74) is 1.69. The van der Waals surface area contributed by atoms with Crippen molar-refractivity contribution in [3.05, 3.63) is 53.6 Å². The van der Waals surface area contributed by atoms with Crippen molar-refractivity contribution in [1.82, 2.24) is 4.90 Å². The van der Waals surface area contributed by atoms with Crippen LogP contribution in [0.5, 0.6) is 11.5 Å². The second-order valence-corrected chi connectivity index (χ2v) is 5.04. The summed E-state index contributed by atoms with van der Waals surface area (Å²) >= 11 is 0. The predicted octanol–water partition coefficient (Wildman–Crippen LogP) is 2.85. The molecule has 0 aliphatic carbocycles. The van der Waals surface area contributed by atoms with Crippen LogP contribution in [0, 0.1) is 11.3 Å². The van der Waals surface area contributed by atoms with Crippen LogP contribution in [0.3, 0.4) is 0 Å². The van der Waals surface area contributed by atoms with Gasteiger partial charge < -0.3 is 15.0 Å². The maximum atomic E-state index is 12.5. The van der Waals surface area contributed by atoms with Gasteiger partial charge in [0.15, 0.2) is 5.75 Å². The van der Waals surface area contributed by atoms with Crippen LogP contribution < -0.4 is 10.1 Å². The summed E-state index contributed by atoms with van der Waals surface area (Å²) < 4.78 is 5.92. The number of hydrogen-bond acceptors (Lipinski definition) is 4. The lowest BCUT2D eigenvalue weighted by atomic mass is 10.1. The first-order chi connectivity index (χ1) is 10.7. The Morgan fingerprint density at radius 2 is 1.95 bits per heavy atom. The highest BCUT2D eigenvalue weighted by Crippen LogP contribution is 2.34. The van der Waals surface area contributed by atoms with Crippen LogP contribution in [-0.2, 0) is 0 Å². The van der Waals surface area contributed by atoms with Crippen molar-refractivity contribution in [1.29, 1.82) is 5.26 Å². The standard InChI is InChI=1S/C17H15N3O2/c1-20-10-9-19-16-12(11-18)5-4-8-15(16)22-14-7-3-2-6-13(14)17(20)21/h2-8,19H,9-10H2,1H3. The lowest BCUT2D eigenvalue weighted by Gasteiger charge is -2.23. The number of carbonyl (C=O) groups excluding carboxylic acids is 1. The zero-order valence-corrected chi connectivity index (χ0v) is 12.2. The molecule has 0 spiro atoms. The van der Waals surface area contributed by atoms with E-state index in [1.54, 1.807) is 42.3 Å². The zero-order chi connectivity index (χ0) is 15.5. The molecule has 5 nitrogen and oxygen atoms in total. The molecule has 0 atom stereocenters. The summed E-state index contributed by atoms with van der Waals surface area (Å²) in [4.78, 5) is 14.1. The average molecular weight is 293 g/mol. The first-order valence-corrected chi connectivity index (χ1v) is 7.00. The molecule has 1 N–H and O–H groups in total. The highest BCUT2D eigenvalue weighted by atomic mass is 16.5. The molecule has 0 saturated carbocycles. The molecule has 1 amide bonds. The SMILES string of the molecule is CN1CCNc2c(C#N)cccc2Oc2ccccc2C1=O. The van der Waals surface area contributed by atoms with E-state index in [9.17, 15) is 10.1 Å². The van der Waals surface area contributed by atoms with Gasteiger partial charge in [-0.1, -0.05) is 18.2 Å². The highest BCUT2D eigenvalue weighted by molar-refractivity contribution is 5.97. The van der Waals surface area contributed by atoms with E-state index in [1.165, 1.54) is 0 Å². The minimum absolute atomic E-state index is 0.0858. The molecular weight excluding hydrogens is 278 g/mol. The zero-order valence-electron chi connectivity index (χ0n) is 12.2. The van der Waals surface area contributed by atoms with E-state index in [-0.39, 0.29) is 5.91 Å². The Hall–Kier alpha value is -3.00. The number of rotatable bonds is 0. The van der Waals surface area contributed by atoms with Crippen LogP contribution in [0.2, 0.25) is 0 Å². The van der Waals surface area contributed by atoms with E-state index in [0.717, 1.165) is 0 Å². The second kappa shape index (κ2) is 5.78. The van der Waals surface area contributed by atoms with Crippen molar-refractivity contribution in [2.24, 2.45) is 0 Å². The molecule has 0 saturated heterocycles. The summed E-state index contributed by atoms with van der Waals surface area (Å²) in [5.74, 6) is 0.945. The normalized spacial score (nSPS) is 14.0. The van der Waals surface area contributed by atoms with E-state index in [1.807, 2.05) is 12.1 Å². The quantitative estimate of drug-likeness (QED) is 0.811. The van der Waals surface area contributed by atoms with Crippen molar-refractivity contribution in [2.45, 2.75) is 0 Å². The van der Waals surface area contributed by atoms with E-state index in [4.69, 9.17) is 4.74 Å². The number of anilines is 1. The molecule has 0 radical (unpaired) electrons. The first-order valence-electron chi connectivity index (χ1n) is 7.00. The number of nitrogens with zero attached hydrogens (tertiary/aromatic N) is 2. The summed E-state index contributed by atoms with van der Waals surface area (Å²) in [6.07, 6.45) is 0. The Morgan fingerprint density at radius 1 is 1.18 bits per heavy atom. The third kappa shape index (κ3) is 2.47. The molecule has 1 heterocycles. The average Bonchev–Trinajstić information content (AvgIpc) is 2.55. The summed E-state index contributed by atoms with van der Waals surface area (Å²) in [5, 5.41) is 12.5. The monoisotopic (exact) mass is 293 g/mol. The number of para-hydroxylation sites is 2. The van der Waals surface area contributed by atoms with E-state index < -0.39 is 0 Å². The van der Waals surface area contributed by atoms with Crippen molar-refractivity contribution in [2.75, 3.05) is 25.5 Å². The van der Waals surface area contributed by atoms with Gasteiger partial charge in [-0.3, -0.25) is 4.79 Å². The third-order valence-electron chi connectivity index (χ3n) is 3.58. The topological polar surface area (TPSA) is 65.4 Å². The van der Waals surface area contributed by atoms with Crippen LogP contribution in [0.4, 0.5) is 5.69 Å².